The van der Waals surface area contributed by atoms with Gasteiger partial charge in [-0.25, -0.2) is 0 Å². The van der Waals surface area contributed by atoms with E-state index in [0.717, 1.165) is 29.2 Å². The van der Waals surface area contributed by atoms with Crippen LogP contribution in [0.5, 0.6) is 11.5 Å². The molecule has 0 spiro atoms. The molecule has 0 atom stereocenters. The molecule has 1 saturated carbocycles. The summed E-state index contributed by atoms with van der Waals surface area (Å²) in [6.07, 6.45) is 2.01. The average Bonchev–Trinajstić information content (AvgIpc) is 3.09. The maximum Gasteiger partial charge on any atom is 0.120 e. The van der Waals surface area contributed by atoms with Crippen molar-refractivity contribution in [3.63, 3.8) is 0 Å². The second-order valence-electron chi connectivity index (χ2n) is 4.85. The van der Waals surface area contributed by atoms with E-state index < -0.39 is 0 Å². The van der Waals surface area contributed by atoms with Gasteiger partial charge >= 0.3 is 0 Å². The summed E-state index contributed by atoms with van der Waals surface area (Å²) >= 11 is 0. The fourth-order valence-electron chi connectivity index (χ4n) is 2.56. The fraction of sp³-hybridized carbons (Fsp3) is 0.286. The highest BCUT2D eigenvalue weighted by Gasteiger charge is 2.45. The minimum atomic E-state index is -0.0859. The number of aromatic hydroxyl groups is 2. The van der Waals surface area contributed by atoms with Crippen molar-refractivity contribution in [2.75, 3.05) is 6.54 Å². The van der Waals surface area contributed by atoms with E-state index in [9.17, 15) is 10.2 Å². The molecule has 2 aromatic rings. The second-order valence-corrected chi connectivity index (χ2v) is 4.85. The molecule has 0 amide bonds. The molecule has 0 saturated heterocycles. The van der Waals surface area contributed by atoms with Crippen LogP contribution in [0.3, 0.4) is 0 Å². The molecule has 1 fully saturated rings. The second kappa shape index (κ2) is 3.37. The normalized spacial score (nSPS) is 17.2. The van der Waals surface area contributed by atoms with Crippen molar-refractivity contribution in [1.29, 1.82) is 0 Å². The topological polar surface area (TPSA) is 66.5 Å². The van der Waals surface area contributed by atoms with E-state index in [0.29, 0.717) is 6.54 Å². The minimum absolute atomic E-state index is 0.0859. The number of rotatable bonds is 2. The standard InChI is InChI=1S/C14H15NO2/c15-8-14(5-6-14)13-11-7-10(16)3-1-9(11)2-4-12(13)17/h1-4,7,16-17H,5-6,8,15H2. The Morgan fingerprint density at radius 3 is 2.47 bits per heavy atom. The van der Waals surface area contributed by atoms with Gasteiger partial charge in [0.25, 0.3) is 0 Å². The molecule has 3 nitrogen and oxygen atoms in total. The Hall–Kier alpha value is -1.74. The molecule has 0 radical (unpaired) electrons. The van der Waals surface area contributed by atoms with Crippen molar-refractivity contribution < 1.29 is 10.2 Å². The van der Waals surface area contributed by atoms with Gasteiger partial charge in [-0.15, -0.1) is 0 Å². The Kier molecular flexibility index (Phi) is 2.07. The van der Waals surface area contributed by atoms with Crippen molar-refractivity contribution in [3.05, 3.63) is 35.9 Å². The molecule has 0 aromatic heterocycles. The molecule has 3 rings (SSSR count). The van der Waals surface area contributed by atoms with E-state index in [1.54, 1.807) is 18.2 Å². The zero-order valence-electron chi connectivity index (χ0n) is 9.48. The van der Waals surface area contributed by atoms with Gasteiger partial charge < -0.3 is 15.9 Å². The Balaban J connectivity index is 2.34. The first-order valence-corrected chi connectivity index (χ1v) is 5.81. The zero-order chi connectivity index (χ0) is 12.0. The monoisotopic (exact) mass is 229 g/mol. The molecule has 88 valence electrons. The summed E-state index contributed by atoms with van der Waals surface area (Å²) < 4.78 is 0. The first kappa shape index (κ1) is 10.4. The third-order valence-electron chi connectivity index (χ3n) is 3.76. The van der Waals surface area contributed by atoms with Crippen LogP contribution in [0.4, 0.5) is 0 Å². The highest BCUT2D eigenvalue weighted by atomic mass is 16.3. The van der Waals surface area contributed by atoms with Crippen LogP contribution in [-0.2, 0) is 5.41 Å². The van der Waals surface area contributed by atoms with E-state index in [4.69, 9.17) is 5.73 Å². The number of phenolic OH excluding ortho intramolecular Hbond substituents is 2. The third kappa shape index (κ3) is 1.46. The smallest absolute Gasteiger partial charge is 0.120 e. The van der Waals surface area contributed by atoms with Crippen LogP contribution in [-0.4, -0.2) is 16.8 Å². The summed E-state index contributed by atoms with van der Waals surface area (Å²) in [5.41, 5.74) is 6.64. The summed E-state index contributed by atoms with van der Waals surface area (Å²) in [4.78, 5) is 0. The number of benzene rings is 2. The quantitative estimate of drug-likeness (QED) is 0.739. The molecule has 4 N–H and O–H groups in total. The molecule has 3 heteroatoms. The number of hydrogen-bond acceptors (Lipinski definition) is 3. The first-order chi connectivity index (χ1) is 8.16. The summed E-state index contributed by atoms with van der Waals surface area (Å²) in [6, 6.07) is 8.80. The maximum absolute atomic E-state index is 10.1. The molecule has 0 unspecified atom stereocenters. The summed E-state index contributed by atoms with van der Waals surface area (Å²) in [6.45, 7) is 0.537. The van der Waals surface area contributed by atoms with E-state index in [1.165, 1.54) is 0 Å². The Bertz CT molecular complexity index is 583. The fourth-order valence-corrected chi connectivity index (χ4v) is 2.56. The van der Waals surface area contributed by atoms with Crippen LogP contribution in [0.1, 0.15) is 18.4 Å². The van der Waals surface area contributed by atoms with E-state index >= 15 is 0 Å². The lowest BCUT2D eigenvalue weighted by Gasteiger charge is -2.17. The Labute approximate surface area is 99.5 Å². The van der Waals surface area contributed by atoms with Gasteiger partial charge in [-0.2, -0.15) is 0 Å². The van der Waals surface area contributed by atoms with Gasteiger partial charge in [-0.1, -0.05) is 12.1 Å². The molecule has 1 aliphatic rings. The molecule has 17 heavy (non-hydrogen) atoms. The van der Waals surface area contributed by atoms with Gasteiger partial charge in [0, 0.05) is 17.5 Å². The Morgan fingerprint density at radius 2 is 1.82 bits per heavy atom. The number of fused-ring (bicyclic) bond motifs is 1. The van der Waals surface area contributed by atoms with Crippen molar-refractivity contribution in [3.8, 4) is 11.5 Å². The number of hydrogen-bond donors (Lipinski definition) is 3. The van der Waals surface area contributed by atoms with Gasteiger partial charge in [0.1, 0.15) is 11.5 Å². The largest absolute Gasteiger partial charge is 0.508 e. The van der Waals surface area contributed by atoms with E-state index in [2.05, 4.69) is 0 Å². The number of nitrogens with two attached hydrogens (primary N) is 1. The summed E-state index contributed by atoms with van der Waals surface area (Å²) in [5, 5.41) is 21.6. The van der Waals surface area contributed by atoms with Crippen molar-refractivity contribution >= 4 is 10.8 Å². The molecular formula is C14H15NO2. The highest BCUT2D eigenvalue weighted by Crippen LogP contribution is 2.52. The molecule has 0 aliphatic heterocycles. The lowest BCUT2D eigenvalue weighted by Crippen LogP contribution is -2.20. The molecule has 2 aromatic carbocycles. The van der Waals surface area contributed by atoms with Crippen LogP contribution in [0, 0.1) is 0 Å². The molecule has 1 aliphatic carbocycles. The lowest BCUT2D eigenvalue weighted by atomic mass is 9.90. The lowest BCUT2D eigenvalue weighted by molar-refractivity contribution is 0.460. The van der Waals surface area contributed by atoms with E-state index in [-0.39, 0.29) is 16.9 Å². The summed E-state index contributed by atoms with van der Waals surface area (Å²) in [7, 11) is 0. The van der Waals surface area contributed by atoms with Crippen LogP contribution in [0.25, 0.3) is 10.8 Å². The van der Waals surface area contributed by atoms with Gasteiger partial charge in [0.15, 0.2) is 0 Å². The maximum atomic E-state index is 10.1. The van der Waals surface area contributed by atoms with Crippen LogP contribution < -0.4 is 5.73 Å². The van der Waals surface area contributed by atoms with Crippen LogP contribution in [0.2, 0.25) is 0 Å². The van der Waals surface area contributed by atoms with E-state index in [1.807, 2.05) is 12.1 Å². The van der Waals surface area contributed by atoms with Crippen molar-refractivity contribution in [2.24, 2.45) is 5.73 Å². The summed E-state index contributed by atoms with van der Waals surface area (Å²) in [5.74, 6) is 0.503. The number of phenols is 2. The zero-order valence-corrected chi connectivity index (χ0v) is 9.48. The van der Waals surface area contributed by atoms with Gasteiger partial charge in [-0.05, 0) is 41.8 Å². The predicted octanol–water partition coefficient (Wildman–Crippen LogP) is 2.24. The van der Waals surface area contributed by atoms with Gasteiger partial charge in [0.2, 0.25) is 0 Å². The third-order valence-corrected chi connectivity index (χ3v) is 3.76. The highest BCUT2D eigenvalue weighted by molar-refractivity contribution is 5.90. The minimum Gasteiger partial charge on any atom is -0.508 e. The molecular weight excluding hydrogens is 214 g/mol. The van der Waals surface area contributed by atoms with Crippen molar-refractivity contribution in [1.82, 2.24) is 0 Å². The average molecular weight is 229 g/mol. The van der Waals surface area contributed by atoms with Gasteiger partial charge in [0.05, 0.1) is 0 Å². The SMILES string of the molecule is NCC1(c2c(O)ccc3ccc(O)cc23)CC1. The van der Waals surface area contributed by atoms with Crippen LogP contribution in [0.15, 0.2) is 30.3 Å². The molecule has 0 heterocycles. The van der Waals surface area contributed by atoms with Crippen LogP contribution >= 0.6 is 0 Å². The van der Waals surface area contributed by atoms with Crippen molar-refractivity contribution in [2.45, 2.75) is 18.3 Å². The first-order valence-electron chi connectivity index (χ1n) is 5.81. The van der Waals surface area contributed by atoms with Gasteiger partial charge in [-0.3, -0.25) is 0 Å². The predicted molar refractivity (Wildman–Crippen MR) is 67.2 cm³/mol. The molecule has 0 bridgehead atoms. The Morgan fingerprint density at radius 1 is 1.12 bits per heavy atom.